The van der Waals surface area contributed by atoms with Crippen molar-refractivity contribution in [2.75, 3.05) is 4.72 Å². The number of aromatic nitrogens is 1. The number of hydrogen-bond acceptors (Lipinski definition) is 4. The van der Waals surface area contributed by atoms with E-state index >= 15 is 0 Å². The molecule has 0 bridgehead atoms. The first-order chi connectivity index (χ1) is 9.01. The highest BCUT2D eigenvalue weighted by Gasteiger charge is 2.14. The number of nitrogens with zero attached hydrogens (tertiary/aromatic N) is 1. The summed E-state index contributed by atoms with van der Waals surface area (Å²) in [6.07, 6.45) is 3.45. The Kier molecular flexibility index (Phi) is 3.96. The van der Waals surface area contributed by atoms with Crippen molar-refractivity contribution in [2.45, 2.75) is 4.90 Å². The maximum atomic E-state index is 12.1. The van der Waals surface area contributed by atoms with Crippen molar-refractivity contribution in [1.29, 1.82) is 0 Å². The van der Waals surface area contributed by atoms with Crippen LogP contribution in [-0.4, -0.2) is 19.7 Å². The second-order valence-corrected chi connectivity index (χ2v) is 6.28. The molecule has 2 rings (SSSR count). The minimum absolute atomic E-state index is 0.0568. The van der Waals surface area contributed by atoms with E-state index in [1.54, 1.807) is 0 Å². The number of carbonyl (C=O) groups excluding carboxylic acids is 1. The van der Waals surface area contributed by atoms with Crippen LogP contribution in [0.2, 0.25) is 0 Å². The van der Waals surface area contributed by atoms with Crippen molar-refractivity contribution in [3.05, 3.63) is 52.8 Å². The maximum Gasteiger partial charge on any atom is 0.263 e. The molecule has 0 aliphatic carbocycles. The van der Waals surface area contributed by atoms with Crippen LogP contribution in [0.4, 0.5) is 5.69 Å². The fraction of sp³-hybridized carbons (Fsp3) is 0. The number of sulfonamides is 1. The highest BCUT2D eigenvalue weighted by molar-refractivity contribution is 9.10. The van der Waals surface area contributed by atoms with Gasteiger partial charge in [-0.3, -0.25) is 14.5 Å². The fourth-order valence-electron chi connectivity index (χ4n) is 1.38. The molecule has 2 aromatic rings. The number of benzene rings is 1. The minimum atomic E-state index is -3.69. The molecule has 0 saturated heterocycles. The van der Waals surface area contributed by atoms with Crippen LogP contribution in [0, 0.1) is 0 Å². The molecule has 0 spiro atoms. The molecule has 19 heavy (non-hydrogen) atoms. The van der Waals surface area contributed by atoms with Gasteiger partial charge in [-0.25, -0.2) is 8.42 Å². The number of nitrogens with one attached hydrogen (secondary N) is 1. The number of carbonyl (C=O) groups is 1. The summed E-state index contributed by atoms with van der Waals surface area (Å²) in [7, 11) is -3.69. The van der Waals surface area contributed by atoms with E-state index in [2.05, 4.69) is 25.6 Å². The SMILES string of the molecule is O=Cc1ccc(NS(=O)(=O)c2cncc(Br)c2)cc1. The van der Waals surface area contributed by atoms with E-state index in [-0.39, 0.29) is 4.90 Å². The Hall–Kier alpha value is -1.73. The largest absolute Gasteiger partial charge is 0.298 e. The summed E-state index contributed by atoms with van der Waals surface area (Å²) in [6, 6.07) is 7.56. The van der Waals surface area contributed by atoms with Crippen LogP contribution in [0.1, 0.15) is 10.4 Å². The standard InChI is InChI=1S/C12H9BrN2O3S/c13-10-5-12(7-14-6-10)19(17,18)15-11-3-1-9(8-16)2-4-11/h1-8,15H. The number of pyridine rings is 1. The Bertz CT molecular complexity index is 699. The van der Waals surface area contributed by atoms with E-state index in [1.807, 2.05) is 0 Å². The van der Waals surface area contributed by atoms with Gasteiger partial charge in [0.2, 0.25) is 0 Å². The van der Waals surface area contributed by atoms with Crippen molar-refractivity contribution < 1.29 is 13.2 Å². The lowest BCUT2D eigenvalue weighted by Crippen LogP contribution is -2.13. The van der Waals surface area contributed by atoms with Gasteiger partial charge < -0.3 is 0 Å². The Morgan fingerprint density at radius 1 is 1.16 bits per heavy atom. The number of hydrogen-bond donors (Lipinski definition) is 1. The van der Waals surface area contributed by atoms with Crippen LogP contribution in [0.3, 0.4) is 0 Å². The number of aldehydes is 1. The molecule has 0 radical (unpaired) electrons. The van der Waals surface area contributed by atoms with Gasteiger partial charge in [0.15, 0.2) is 0 Å². The molecule has 0 saturated carbocycles. The van der Waals surface area contributed by atoms with Gasteiger partial charge in [0.05, 0.1) is 0 Å². The zero-order valence-corrected chi connectivity index (χ0v) is 12.0. The summed E-state index contributed by atoms with van der Waals surface area (Å²) in [5.41, 5.74) is 0.859. The molecule has 0 fully saturated rings. The van der Waals surface area contributed by atoms with E-state index < -0.39 is 10.0 Å². The number of anilines is 1. The first kappa shape index (κ1) is 13.7. The molecule has 0 atom stereocenters. The predicted molar refractivity (Wildman–Crippen MR) is 74.6 cm³/mol. The van der Waals surface area contributed by atoms with Crippen molar-refractivity contribution in [2.24, 2.45) is 0 Å². The molecule has 0 aliphatic heterocycles. The smallest absolute Gasteiger partial charge is 0.263 e. The second-order valence-electron chi connectivity index (χ2n) is 3.68. The second kappa shape index (κ2) is 5.50. The van der Waals surface area contributed by atoms with Gasteiger partial charge in [0.1, 0.15) is 11.2 Å². The Morgan fingerprint density at radius 2 is 1.84 bits per heavy atom. The average Bonchev–Trinajstić information content (AvgIpc) is 2.39. The van der Waals surface area contributed by atoms with Gasteiger partial charge in [0, 0.05) is 28.1 Å². The van der Waals surface area contributed by atoms with Crippen molar-refractivity contribution in [3.8, 4) is 0 Å². The normalized spacial score (nSPS) is 11.0. The highest BCUT2D eigenvalue weighted by atomic mass is 79.9. The molecule has 1 N–H and O–H groups in total. The average molecular weight is 341 g/mol. The molecule has 1 aromatic carbocycles. The van der Waals surface area contributed by atoms with Gasteiger partial charge in [0.25, 0.3) is 10.0 Å². The van der Waals surface area contributed by atoms with Gasteiger partial charge in [-0.2, -0.15) is 0 Å². The number of rotatable bonds is 4. The fourth-order valence-corrected chi connectivity index (χ4v) is 2.95. The van der Waals surface area contributed by atoms with Gasteiger partial charge in [-0.15, -0.1) is 0 Å². The van der Waals surface area contributed by atoms with Gasteiger partial charge in [-0.1, -0.05) is 0 Å². The van der Waals surface area contributed by atoms with Crippen LogP contribution < -0.4 is 4.72 Å². The third-order valence-corrected chi connectivity index (χ3v) is 4.07. The maximum absolute atomic E-state index is 12.1. The highest BCUT2D eigenvalue weighted by Crippen LogP contribution is 2.18. The van der Waals surface area contributed by atoms with Crippen LogP contribution in [0.15, 0.2) is 52.1 Å². The van der Waals surface area contributed by atoms with Crippen LogP contribution >= 0.6 is 15.9 Å². The predicted octanol–water partition coefficient (Wildman–Crippen LogP) is 2.46. The quantitative estimate of drug-likeness (QED) is 0.867. The first-order valence-electron chi connectivity index (χ1n) is 5.20. The summed E-state index contributed by atoms with van der Waals surface area (Å²) in [5, 5.41) is 0. The Labute approximate surface area is 118 Å². The van der Waals surface area contributed by atoms with Gasteiger partial charge >= 0.3 is 0 Å². The Balaban J connectivity index is 2.28. The lowest BCUT2D eigenvalue weighted by Gasteiger charge is -2.08. The van der Waals surface area contributed by atoms with Crippen molar-refractivity contribution >= 4 is 37.9 Å². The van der Waals surface area contributed by atoms with E-state index in [4.69, 9.17) is 0 Å². The summed E-state index contributed by atoms with van der Waals surface area (Å²) in [4.78, 5) is 14.4. The zero-order valence-electron chi connectivity index (χ0n) is 9.58. The Morgan fingerprint density at radius 3 is 2.42 bits per heavy atom. The topological polar surface area (TPSA) is 76.1 Å². The molecule has 98 valence electrons. The van der Waals surface area contributed by atoms with Crippen LogP contribution in [0.25, 0.3) is 0 Å². The van der Waals surface area contributed by atoms with E-state index in [0.717, 1.165) is 0 Å². The molecule has 1 aromatic heterocycles. The van der Waals surface area contributed by atoms with Gasteiger partial charge in [-0.05, 0) is 46.3 Å². The summed E-state index contributed by atoms with van der Waals surface area (Å²) in [6.45, 7) is 0. The van der Waals surface area contributed by atoms with E-state index in [1.165, 1.54) is 42.7 Å². The summed E-state index contributed by atoms with van der Waals surface area (Å²) in [5.74, 6) is 0. The third kappa shape index (κ3) is 3.39. The molecule has 0 amide bonds. The first-order valence-corrected chi connectivity index (χ1v) is 7.47. The molecular formula is C12H9BrN2O3S. The molecule has 7 heteroatoms. The molecular weight excluding hydrogens is 332 g/mol. The molecule has 0 aliphatic rings. The summed E-state index contributed by atoms with van der Waals surface area (Å²) < 4.78 is 27.1. The van der Waals surface area contributed by atoms with E-state index in [9.17, 15) is 13.2 Å². The third-order valence-electron chi connectivity index (χ3n) is 2.29. The minimum Gasteiger partial charge on any atom is -0.298 e. The molecule has 5 nitrogen and oxygen atoms in total. The molecule has 1 heterocycles. The number of halogens is 1. The van der Waals surface area contributed by atoms with Crippen molar-refractivity contribution in [1.82, 2.24) is 4.98 Å². The molecule has 0 unspecified atom stereocenters. The lowest BCUT2D eigenvalue weighted by atomic mass is 10.2. The van der Waals surface area contributed by atoms with Crippen molar-refractivity contribution in [3.63, 3.8) is 0 Å². The van der Waals surface area contributed by atoms with Crippen LogP contribution in [-0.2, 0) is 10.0 Å². The summed E-state index contributed by atoms with van der Waals surface area (Å²) >= 11 is 3.17. The zero-order chi connectivity index (χ0) is 13.9. The lowest BCUT2D eigenvalue weighted by molar-refractivity contribution is 0.112. The van der Waals surface area contributed by atoms with E-state index in [0.29, 0.717) is 22.0 Å². The van der Waals surface area contributed by atoms with Crippen LogP contribution in [0.5, 0.6) is 0 Å². The monoisotopic (exact) mass is 340 g/mol.